The molecule has 0 fully saturated rings. The molecular formula is C16H18N2O4S. The molecule has 0 N–H and O–H groups in total. The minimum absolute atomic E-state index is 0.0289. The summed E-state index contributed by atoms with van der Waals surface area (Å²) in [6.07, 6.45) is 1.20. The maximum atomic E-state index is 12.3. The van der Waals surface area contributed by atoms with E-state index < -0.39 is 15.6 Å². The van der Waals surface area contributed by atoms with Gasteiger partial charge in [-0.1, -0.05) is 29.8 Å². The first-order chi connectivity index (χ1) is 10.7. The first kappa shape index (κ1) is 17.1. The van der Waals surface area contributed by atoms with Crippen LogP contribution in [0.5, 0.6) is 0 Å². The largest absolute Gasteiger partial charge is 0.306 e. The summed E-state index contributed by atoms with van der Waals surface area (Å²) >= 11 is 0. The number of sulfonamides is 1. The van der Waals surface area contributed by atoms with E-state index in [0.717, 1.165) is 20.5 Å². The number of Topliss-reactive ketones (excluding diaryl/α,β-unsaturated/α-hetero) is 1. The first-order valence-electron chi connectivity index (χ1n) is 6.95. The van der Waals surface area contributed by atoms with E-state index in [-0.39, 0.29) is 17.2 Å². The van der Waals surface area contributed by atoms with Gasteiger partial charge in [-0.2, -0.15) is 0 Å². The Kier molecular flexibility index (Phi) is 4.82. The average Bonchev–Trinajstić information content (AvgIpc) is 2.49. The number of carbonyl (C=O) groups is 1. The summed E-state index contributed by atoms with van der Waals surface area (Å²) in [6.45, 7) is 1.70. The molecule has 6 nitrogen and oxygen atoms in total. The predicted molar refractivity (Wildman–Crippen MR) is 87.1 cm³/mol. The molecule has 0 amide bonds. The molecule has 0 spiro atoms. The summed E-state index contributed by atoms with van der Waals surface area (Å²) in [6, 6.07) is 9.38. The molecule has 0 aliphatic rings. The van der Waals surface area contributed by atoms with Crippen molar-refractivity contribution in [1.82, 2.24) is 8.87 Å². The predicted octanol–water partition coefficient (Wildman–Crippen LogP) is 1.29. The van der Waals surface area contributed by atoms with E-state index in [9.17, 15) is 18.0 Å². The van der Waals surface area contributed by atoms with Gasteiger partial charge in [0.25, 0.3) is 5.56 Å². The van der Waals surface area contributed by atoms with Crippen molar-refractivity contribution in [1.29, 1.82) is 0 Å². The van der Waals surface area contributed by atoms with Crippen molar-refractivity contribution in [2.45, 2.75) is 18.4 Å². The standard InChI is InChI=1S/C16H18N2O4S/c1-12-4-6-13(7-5-12)15(19)11-18-10-14(8-9-16(18)20)23(21,22)17(2)3/h4-10H,11H2,1-3H3. The van der Waals surface area contributed by atoms with Gasteiger partial charge in [0.2, 0.25) is 10.0 Å². The molecule has 0 atom stereocenters. The highest BCUT2D eigenvalue weighted by atomic mass is 32.2. The number of hydrogen-bond acceptors (Lipinski definition) is 4. The maximum absolute atomic E-state index is 12.3. The lowest BCUT2D eigenvalue weighted by Crippen LogP contribution is -2.27. The van der Waals surface area contributed by atoms with Crippen molar-refractivity contribution in [3.05, 3.63) is 64.1 Å². The van der Waals surface area contributed by atoms with Crippen LogP contribution < -0.4 is 5.56 Å². The second kappa shape index (κ2) is 6.47. The second-order valence-electron chi connectivity index (χ2n) is 5.41. The van der Waals surface area contributed by atoms with Gasteiger partial charge in [0.1, 0.15) is 0 Å². The molecule has 1 aromatic heterocycles. The van der Waals surface area contributed by atoms with E-state index in [1.54, 1.807) is 12.1 Å². The third-order valence-electron chi connectivity index (χ3n) is 3.42. The number of carbonyl (C=O) groups excluding carboxylic acids is 1. The second-order valence-corrected chi connectivity index (χ2v) is 7.56. The Morgan fingerprint density at radius 2 is 1.70 bits per heavy atom. The van der Waals surface area contributed by atoms with Gasteiger partial charge in [0.05, 0.1) is 11.4 Å². The van der Waals surface area contributed by atoms with E-state index >= 15 is 0 Å². The molecule has 2 aromatic rings. The van der Waals surface area contributed by atoms with Gasteiger partial charge in [-0.3, -0.25) is 9.59 Å². The van der Waals surface area contributed by atoms with E-state index in [2.05, 4.69) is 0 Å². The zero-order chi connectivity index (χ0) is 17.2. The van der Waals surface area contributed by atoms with Crippen molar-refractivity contribution in [2.24, 2.45) is 0 Å². The van der Waals surface area contributed by atoms with Crippen molar-refractivity contribution < 1.29 is 13.2 Å². The topological polar surface area (TPSA) is 76.5 Å². The number of ketones is 1. The van der Waals surface area contributed by atoms with Crippen LogP contribution >= 0.6 is 0 Å². The van der Waals surface area contributed by atoms with Gasteiger partial charge >= 0.3 is 0 Å². The monoisotopic (exact) mass is 334 g/mol. The van der Waals surface area contributed by atoms with Gasteiger partial charge in [-0.25, -0.2) is 12.7 Å². The van der Waals surface area contributed by atoms with E-state index in [1.165, 1.54) is 26.4 Å². The van der Waals surface area contributed by atoms with Crippen LogP contribution in [-0.2, 0) is 16.6 Å². The third-order valence-corrected chi connectivity index (χ3v) is 5.22. The quantitative estimate of drug-likeness (QED) is 0.772. The normalized spacial score (nSPS) is 11.7. The summed E-state index contributed by atoms with van der Waals surface area (Å²) in [5.41, 5.74) is 1.07. The molecule has 0 unspecified atom stereocenters. The average molecular weight is 334 g/mol. The van der Waals surface area contributed by atoms with Crippen LogP contribution in [0.15, 0.2) is 52.3 Å². The van der Waals surface area contributed by atoms with Crippen molar-refractivity contribution in [3.8, 4) is 0 Å². The minimum atomic E-state index is -3.66. The fourth-order valence-electron chi connectivity index (χ4n) is 1.98. The molecule has 7 heteroatoms. The van der Waals surface area contributed by atoms with Crippen molar-refractivity contribution in [2.75, 3.05) is 14.1 Å². The maximum Gasteiger partial charge on any atom is 0.251 e. The fraction of sp³-hybridized carbons (Fsp3) is 0.250. The van der Waals surface area contributed by atoms with E-state index in [1.807, 2.05) is 19.1 Å². The van der Waals surface area contributed by atoms with Crippen LogP contribution in [0.1, 0.15) is 15.9 Å². The Hall–Kier alpha value is -2.25. The molecule has 0 saturated carbocycles. The SMILES string of the molecule is Cc1ccc(C(=O)Cn2cc(S(=O)(=O)N(C)C)ccc2=O)cc1. The van der Waals surface area contributed by atoms with Crippen LogP contribution in [0.2, 0.25) is 0 Å². The summed E-state index contributed by atoms with van der Waals surface area (Å²) in [5, 5.41) is 0. The van der Waals surface area contributed by atoms with Crippen LogP contribution in [-0.4, -0.2) is 37.2 Å². The Morgan fingerprint density at radius 1 is 1.09 bits per heavy atom. The number of rotatable bonds is 5. The summed E-state index contributed by atoms with van der Waals surface area (Å²) in [5.74, 6) is -0.258. The molecular weight excluding hydrogens is 316 g/mol. The number of aromatic nitrogens is 1. The van der Waals surface area contributed by atoms with Crippen LogP contribution in [0.25, 0.3) is 0 Å². The number of hydrogen-bond donors (Lipinski definition) is 0. The Balaban J connectivity index is 2.35. The highest BCUT2D eigenvalue weighted by Gasteiger charge is 2.18. The molecule has 0 bridgehead atoms. The van der Waals surface area contributed by atoms with Gasteiger partial charge in [0.15, 0.2) is 5.78 Å². The van der Waals surface area contributed by atoms with Gasteiger partial charge in [-0.15, -0.1) is 0 Å². The highest BCUT2D eigenvalue weighted by Crippen LogP contribution is 2.11. The molecule has 2 rings (SSSR count). The van der Waals surface area contributed by atoms with Crippen LogP contribution in [0.4, 0.5) is 0 Å². The van der Waals surface area contributed by atoms with Gasteiger partial charge < -0.3 is 4.57 Å². The van der Waals surface area contributed by atoms with Crippen LogP contribution in [0.3, 0.4) is 0 Å². The molecule has 1 heterocycles. The number of nitrogens with zero attached hydrogens (tertiary/aromatic N) is 2. The number of pyridine rings is 1. The molecule has 23 heavy (non-hydrogen) atoms. The zero-order valence-corrected chi connectivity index (χ0v) is 14.0. The van der Waals surface area contributed by atoms with Gasteiger partial charge in [0, 0.05) is 31.9 Å². The fourth-order valence-corrected chi connectivity index (χ4v) is 2.90. The minimum Gasteiger partial charge on any atom is -0.306 e. The first-order valence-corrected chi connectivity index (χ1v) is 8.39. The van der Waals surface area contributed by atoms with Crippen molar-refractivity contribution >= 4 is 15.8 Å². The zero-order valence-electron chi connectivity index (χ0n) is 13.2. The van der Waals surface area contributed by atoms with Gasteiger partial charge in [-0.05, 0) is 13.0 Å². The van der Waals surface area contributed by atoms with E-state index in [4.69, 9.17) is 0 Å². The molecule has 1 aromatic carbocycles. The lowest BCUT2D eigenvalue weighted by molar-refractivity contribution is 0.0970. The lowest BCUT2D eigenvalue weighted by Gasteiger charge is -2.13. The summed E-state index contributed by atoms with van der Waals surface area (Å²) < 4.78 is 26.4. The molecule has 122 valence electrons. The highest BCUT2D eigenvalue weighted by molar-refractivity contribution is 7.89. The molecule has 0 aliphatic carbocycles. The van der Waals surface area contributed by atoms with Crippen molar-refractivity contribution in [3.63, 3.8) is 0 Å². The van der Waals surface area contributed by atoms with Crippen LogP contribution in [0, 0.1) is 6.92 Å². The third kappa shape index (κ3) is 3.75. The molecule has 0 saturated heterocycles. The Morgan fingerprint density at radius 3 is 2.26 bits per heavy atom. The Bertz CT molecular complexity index is 881. The lowest BCUT2D eigenvalue weighted by atomic mass is 10.1. The summed E-state index contributed by atoms with van der Waals surface area (Å²) in [7, 11) is -0.850. The smallest absolute Gasteiger partial charge is 0.251 e. The summed E-state index contributed by atoms with van der Waals surface area (Å²) in [4.78, 5) is 24.1. The number of benzene rings is 1. The molecule has 0 aliphatic heterocycles. The Labute approximate surface area is 135 Å². The molecule has 0 radical (unpaired) electrons. The van der Waals surface area contributed by atoms with E-state index in [0.29, 0.717) is 5.56 Å². The number of aryl methyl sites for hydroxylation is 1.